The van der Waals surface area contributed by atoms with Crippen molar-refractivity contribution in [1.82, 2.24) is 19.5 Å². The Bertz CT molecular complexity index is 960. The zero-order valence-electron chi connectivity index (χ0n) is 14.5. The quantitative estimate of drug-likeness (QED) is 0.514. The lowest BCUT2D eigenvalue weighted by Gasteiger charge is -2.13. The van der Waals surface area contributed by atoms with Gasteiger partial charge in [0.1, 0.15) is 11.8 Å². The topological polar surface area (TPSA) is 79.9 Å². The third kappa shape index (κ3) is 3.37. The van der Waals surface area contributed by atoms with Crippen LogP contribution < -0.4 is 9.64 Å². The maximum Gasteiger partial charge on any atom is 0.191 e. The molecule has 0 spiro atoms. The number of benzene rings is 1. The maximum absolute atomic E-state index is 9.21. The second-order valence-electron chi connectivity index (χ2n) is 5.69. The van der Waals surface area contributed by atoms with E-state index in [1.807, 2.05) is 48.8 Å². The van der Waals surface area contributed by atoms with Gasteiger partial charge < -0.3 is 14.2 Å². The Labute approximate surface area is 150 Å². The van der Waals surface area contributed by atoms with Gasteiger partial charge in [-0.15, -0.1) is 0 Å². The van der Waals surface area contributed by atoms with Gasteiger partial charge in [0, 0.05) is 26.9 Å². The lowest BCUT2D eigenvalue weighted by Crippen LogP contribution is -2.12. The highest BCUT2D eigenvalue weighted by molar-refractivity contribution is 7.98. The number of hydrogen-bond acceptors (Lipinski definition) is 7. The Hall–Kier alpha value is -2.79. The summed E-state index contributed by atoms with van der Waals surface area (Å²) in [5, 5.41) is 9.88. The van der Waals surface area contributed by atoms with Gasteiger partial charge in [-0.2, -0.15) is 5.26 Å². The first-order valence-corrected chi connectivity index (χ1v) is 8.58. The number of hydrogen-bond donors (Lipinski definition) is 0. The number of rotatable bonds is 5. The van der Waals surface area contributed by atoms with E-state index in [0.717, 1.165) is 22.5 Å². The van der Waals surface area contributed by atoms with Gasteiger partial charge in [0.05, 0.1) is 19.0 Å². The molecule has 0 saturated carbocycles. The first-order chi connectivity index (χ1) is 12.0. The van der Waals surface area contributed by atoms with Crippen LogP contribution in [0.5, 0.6) is 5.75 Å². The molecule has 0 amide bonds. The summed E-state index contributed by atoms with van der Waals surface area (Å²) < 4.78 is 7.06. The van der Waals surface area contributed by atoms with E-state index in [2.05, 4.69) is 21.0 Å². The average Bonchev–Trinajstić information content (AvgIpc) is 3.00. The van der Waals surface area contributed by atoms with E-state index in [0.29, 0.717) is 22.2 Å². The molecule has 7 nitrogen and oxygen atoms in total. The number of nitrogens with zero attached hydrogens (tertiary/aromatic N) is 6. The molecule has 3 rings (SSSR count). The van der Waals surface area contributed by atoms with E-state index in [9.17, 15) is 5.26 Å². The molecule has 0 fully saturated rings. The largest absolute Gasteiger partial charge is 0.495 e. The third-order valence-corrected chi connectivity index (χ3v) is 4.62. The van der Waals surface area contributed by atoms with Crippen LogP contribution in [0.1, 0.15) is 11.1 Å². The van der Waals surface area contributed by atoms with Gasteiger partial charge in [-0.1, -0.05) is 17.8 Å². The zero-order valence-corrected chi connectivity index (χ0v) is 15.3. The molecule has 2 heterocycles. The zero-order chi connectivity index (χ0) is 18.0. The molecule has 0 unspecified atom stereocenters. The number of ether oxygens (including phenoxy) is 1. The fraction of sp³-hybridized carbons (Fsp3) is 0.294. The summed E-state index contributed by atoms with van der Waals surface area (Å²) in [4.78, 5) is 15.5. The number of imidazole rings is 1. The van der Waals surface area contributed by atoms with E-state index in [1.54, 1.807) is 13.4 Å². The lowest BCUT2D eigenvalue weighted by atomic mass is 10.1. The van der Waals surface area contributed by atoms with Crippen LogP contribution in [0.2, 0.25) is 0 Å². The molecule has 0 atom stereocenters. The molecule has 25 heavy (non-hydrogen) atoms. The van der Waals surface area contributed by atoms with Crippen molar-refractivity contribution >= 4 is 28.7 Å². The highest BCUT2D eigenvalue weighted by Crippen LogP contribution is 2.28. The number of aromatic nitrogens is 4. The van der Waals surface area contributed by atoms with Gasteiger partial charge in [-0.3, -0.25) is 0 Å². The van der Waals surface area contributed by atoms with E-state index >= 15 is 0 Å². The van der Waals surface area contributed by atoms with Crippen molar-refractivity contribution in [3.8, 4) is 11.8 Å². The van der Waals surface area contributed by atoms with Crippen LogP contribution in [0.4, 0.5) is 5.82 Å². The van der Waals surface area contributed by atoms with Crippen molar-refractivity contribution in [2.45, 2.75) is 10.9 Å². The summed E-state index contributed by atoms with van der Waals surface area (Å²) >= 11 is 1.52. The molecule has 8 heteroatoms. The molecule has 1 aromatic carbocycles. The van der Waals surface area contributed by atoms with Crippen molar-refractivity contribution in [2.24, 2.45) is 7.05 Å². The fourth-order valence-electron chi connectivity index (χ4n) is 2.43. The number of fused-ring (bicyclic) bond motifs is 1. The van der Waals surface area contributed by atoms with Gasteiger partial charge >= 0.3 is 0 Å². The van der Waals surface area contributed by atoms with Gasteiger partial charge in [0.2, 0.25) is 0 Å². The van der Waals surface area contributed by atoms with E-state index in [4.69, 9.17) is 4.74 Å². The summed E-state index contributed by atoms with van der Waals surface area (Å²) in [6.45, 7) is 0. The predicted molar refractivity (Wildman–Crippen MR) is 97.9 cm³/mol. The van der Waals surface area contributed by atoms with E-state index < -0.39 is 0 Å². The Morgan fingerprint density at radius 2 is 2.12 bits per heavy atom. The molecule has 0 aliphatic heterocycles. The van der Waals surface area contributed by atoms with Gasteiger partial charge in [-0.25, -0.2) is 15.0 Å². The van der Waals surface area contributed by atoms with Crippen LogP contribution in [-0.2, 0) is 12.8 Å². The molecule has 0 radical (unpaired) electrons. The molecular weight excluding hydrogens is 336 g/mol. The molecular formula is C17H18N6OS. The minimum Gasteiger partial charge on any atom is -0.495 e. The summed E-state index contributed by atoms with van der Waals surface area (Å²) in [6, 6.07) is 7.75. The van der Waals surface area contributed by atoms with Crippen molar-refractivity contribution < 1.29 is 4.74 Å². The van der Waals surface area contributed by atoms with Crippen LogP contribution in [0.3, 0.4) is 0 Å². The molecule has 2 aromatic heterocycles. The number of thioether (sulfide) groups is 1. The normalized spacial score (nSPS) is 10.7. The first-order valence-electron chi connectivity index (χ1n) is 7.59. The van der Waals surface area contributed by atoms with Crippen molar-refractivity contribution in [3.63, 3.8) is 0 Å². The molecule has 3 aromatic rings. The molecule has 0 N–H and O–H groups in total. The highest BCUT2D eigenvalue weighted by Gasteiger charge is 2.14. The van der Waals surface area contributed by atoms with Crippen molar-refractivity contribution in [1.29, 1.82) is 5.26 Å². The minimum absolute atomic E-state index is 0.526. The monoisotopic (exact) mass is 354 g/mol. The summed E-state index contributed by atoms with van der Waals surface area (Å²) in [5.41, 5.74) is 3.13. The maximum atomic E-state index is 9.21. The van der Waals surface area contributed by atoms with Gasteiger partial charge in [0.15, 0.2) is 22.1 Å². The van der Waals surface area contributed by atoms with E-state index in [-0.39, 0.29) is 0 Å². The Balaban J connectivity index is 1.89. The molecule has 0 saturated heterocycles. The minimum atomic E-state index is 0.526. The smallest absolute Gasteiger partial charge is 0.191 e. The highest BCUT2D eigenvalue weighted by atomic mass is 32.2. The first kappa shape index (κ1) is 17.0. The number of anilines is 1. The molecule has 0 aliphatic carbocycles. The van der Waals surface area contributed by atoms with Crippen LogP contribution in [0.15, 0.2) is 29.7 Å². The number of methoxy groups -OCH3 is 1. The lowest BCUT2D eigenvalue weighted by molar-refractivity contribution is 0.413. The summed E-state index contributed by atoms with van der Waals surface area (Å²) in [5.74, 6) is 2.04. The van der Waals surface area contributed by atoms with Crippen LogP contribution >= 0.6 is 11.8 Å². The number of nitriles is 1. The van der Waals surface area contributed by atoms with Crippen molar-refractivity contribution in [3.05, 3.63) is 35.7 Å². The standard InChI is InChI=1S/C17H18N6OS/c1-22(2)15-14-16(23(3)10-19-14)21-17(20-15)25-9-11-5-6-13(24-4)12(7-11)8-18/h5-7,10H,9H2,1-4H3. The van der Waals surface area contributed by atoms with E-state index in [1.165, 1.54) is 11.8 Å². The summed E-state index contributed by atoms with van der Waals surface area (Å²) in [6.07, 6.45) is 1.74. The Morgan fingerprint density at radius 3 is 2.80 bits per heavy atom. The molecule has 0 aliphatic rings. The average molecular weight is 354 g/mol. The SMILES string of the molecule is COc1ccc(CSc2nc(N(C)C)c3ncn(C)c3n2)cc1C#N. The van der Waals surface area contributed by atoms with Crippen LogP contribution in [-0.4, -0.2) is 40.7 Å². The van der Waals surface area contributed by atoms with Crippen LogP contribution in [0, 0.1) is 11.3 Å². The van der Waals surface area contributed by atoms with Gasteiger partial charge in [0.25, 0.3) is 0 Å². The van der Waals surface area contributed by atoms with Gasteiger partial charge in [-0.05, 0) is 17.7 Å². The summed E-state index contributed by atoms with van der Waals surface area (Å²) in [7, 11) is 7.35. The van der Waals surface area contributed by atoms with Crippen LogP contribution in [0.25, 0.3) is 11.2 Å². The number of aryl methyl sites for hydroxylation is 1. The second-order valence-corrected chi connectivity index (χ2v) is 6.63. The van der Waals surface area contributed by atoms with Crippen molar-refractivity contribution in [2.75, 3.05) is 26.1 Å². The Morgan fingerprint density at radius 1 is 1.32 bits per heavy atom. The Kier molecular flexibility index (Phi) is 4.76. The third-order valence-electron chi connectivity index (χ3n) is 3.70. The second kappa shape index (κ2) is 6.99. The fourth-order valence-corrected chi connectivity index (χ4v) is 3.21. The molecule has 128 valence electrons. The predicted octanol–water partition coefficient (Wildman–Crippen LogP) is 2.60. The molecule has 0 bridgehead atoms.